The molecule has 2 heterocycles. The monoisotopic (exact) mass is 370 g/mol. The van der Waals surface area contributed by atoms with Crippen LogP contribution >= 0.6 is 24.0 Å². The number of likely N-dealkylation sites (N-methyl/N-ethyl adjacent to an activating group) is 1. The van der Waals surface area contributed by atoms with Gasteiger partial charge in [-0.25, -0.2) is 0 Å². The average Bonchev–Trinajstić information content (AvgIpc) is 2.37. The molecule has 0 spiro atoms. The summed E-state index contributed by atoms with van der Waals surface area (Å²) in [6.45, 7) is 6.50. The second kappa shape index (κ2) is 8.13. The number of nitrogens with two attached hydrogens (primary N) is 1. The Kier molecular flexibility index (Phi) is 7.20. The summed E-state index contributed by atoms with van der Waals surface area (Å²) < 4.78 is 10.9. The zero-order chi connectivity index (χ0) is 12.1. The molecule has 7 heteroatoms. The molecule has 6 nitrogen and oxygen atoms in total. The van der Waals surface area contributed by atoms with E-state index in [-0.39, 0.29) is 30.1 Å². The maximum atomic E-state index is 5.95. The lowest BCUT2D eigenvalue weighted by molar-refractivity contribution is -0.0138. The molecular formula is C11H23IN4O2. The van der Waals surface area contributed by atoms with Crippen LogP contribution in [0.15, 0.2) is 4.99 Å². The van der Waals surface area contributed by atoms with E-state index in [0.717, 1.165) is 46.0 Å². The van der Waals surface area contributed by atoms with Crippen molar-refractivity contribution in [1.29, 1.82) is 0 Å². The zero-order valence-corrected chi connectivity index (χ0v) is 13.2. The molecule has 2 fully saturated rings. The average molecular weight is 370 g/mol. The minimum absolute atomic E-state index is 0. The highest BCUT2D eigenvalue weighted by Gasteiger charge is 2.18. The Morgan fingerprint density at radius 3 is 2.67 bits per heavy atom. The maximum Gasteiger partial charge on any atom is 0.191 e. The third-order valence-electron chi connectivity index (χ3n) is 3.13. The molecule has 1 unspecified atom stereocenters. The van der Waals surface area contributed by atoms with Gasteiger partial charge in [-0.15, -0.1) is 24.0 Å². The van der Waals surface area contributed by atoms with Gasteiger partial charge in [-0.2, -0.15) is 0 Å². The fourth-order valence-electron chi connectivity index (χ4n) is 2.07. The van der Waals surface area contributed by atoms with Crippen LogP contribution in [0.2, 0.25) is 0 Å². The van der Waals surface area contributed by atoms with E-state index in [4.69, 9.17) is 15.2 Å². The van der Waals surface area contributed by atoms with Crippen LogP contribution in [0.25, 0.3) is 0 Å². The van der Waals surface area contributed by atoms with Crippen LogP contribution in [0.5, 0.6) is 0 Å². The summed E-state index contributed by atoms with van der Waals surface area (Å²) in [6, 6.07) is 0. The molecule has 2 saturated heterocycles. The largest absolute Gasteiger partial charge is 0.378 e. The highest BCUT2D eigenvalue weighted by atomic mass is 127. The first-order valence-corrected chi connectivity index (χ1v) is 6.18. The SMILES string of the molecule is CN1CCOC(CN=C(N)N2CCOCC2)C1.I. The van der Waals surface area contributed by atoms with Gasteiger partial charge in [0, 0.05) is 26.2 Å². The minimum Gasteiger partial charge on any atom is -0.378 e. The Morgan fingerprint density at radius 1 is 1.28 bits per heavy atom. The van der Waals surface area contributed by atoms with Gasteiger partial charge in [0.25, 0.3) is 0 Å². The van der Waals surface area contributed by atoms with Gasteiger partial charge in [-0.3, -0.25) is 4.99 Å². The molecule has 2 rings (SSSR count). The van der Waals surface area contributed by atoms with Gasteiger partial charge in [0.05, 0.1) is 32.5 Å². The van der Waals surface area contributed by atoms with Crippen molar-refractivity contribution in [2.24, 2.45) is 10.7 Å². The molecule has 0 aromatic rings. The Hall–Kier alpha value is -0.120. The predicted molar refractivity (Wildman–Crippen MR) is 81.5 cm³/mol. The predicted octanol–water partition coefficient (Wildman–Crippen LogP) is -0.418. The van der Waals surface area contributed by atoms with Gasteiger partial charge in [0.15, 0.2) is 5.96 Å². The molecule has 2 aliphatic rings. The lowest BCUT2D eigenvalue weighted by atomic mass is 10.3. The number of ether oxygens (including phenoxy) is 2. The van der Waals surface area contributed by atoms with Crippen molar-refractivity contribution in [3.8, 4) is 0 Å². The Labute approximate surface area is 126 Å². The maximum absolute atomic E-state index is 5.95. The molecule has 0 bridgehead atoms. The third kappa shape index (κ3) is 4.87. The first-order chi connectivity index (χ1) is 8.25. The van der Waals surface area contributed by atoms with Gasteiger partial charge in [-0.1, -0.05) is 0 Å². The van der Waals surface area contributed by atoms with Crippen molar-refractivity contribution >= 4 is 29.9 Å². The van der Waals surface area contributed by atoms with E-state index in [1.807, 2.05) is 0 Å². The van der Waals surface area contributed by atoms with Gasteiger partial charge >= 0.3 is 0 Å². The van der Waals surface area contributed by atoms with Crippen molar-refractivity contribution in [3.05, 3.63) is 0 Å². The first kappa shape index (κ1) is 15.9. The van der Waals surface area contributed by atoms with Crippen molar-refractivity contribution in [1.82, 2.24) is 9.80 Å². The standard InChI is InChI=1S/C11H22N4O2.HI/c1-14-2-7-17-10(9-14)8-13-11(12)15-3-5-16-6-4-15;/h10H,2-9H2,1H3,(H2,12,13);1H. The van der Waals surface area contributed by atoms with Crippen LogP contribution in [-0.4, -0.2) is 81.5 Å². The van der Waals surface area contributed by atoms with E-state index in [2.05, 4.69) is 21.8 Å². The molecule has 0 aliphatic carbocycles. The molecule has 0 aromatic heterocycles. The van der Waals surface area contributed by atoms with E-state index < -0.39 is 0 Å². The quantitative estimate of drug-likeness (QED) is 0.407. The molecule has 1 atom stereocenters. The molecule has 0 saturated carbocycles. The number of halogens is 1. The summed E-state index contributed by atoms with van der Waals surface area (Å²) in [6.07, 6.45) is 0.174. The van der Waals surface area contributed by atoms with Gasteiger partial charge < -0.3 is 25.0 Å². The van der Waals surface area contributed by atoms with Crippen LogP contribution in [0.4, 0.5) is 0 Å². The summed E-state index contributed by atoms with van der Waals surface area (Å²) in [5, 5.41) is 0. The molecule has 0 radical (unpaired) electrons. The molecule has 18 heavy (non-hydrogen) atoms. The summed E-state index contributed by atoms with van der Waals surface area (Å²) in [4.78, 5) is 8.74. The zero-order valence-electron chi connectivity index (χ0n) is 10.9. The second-order valence-electron chi connectivity index (χ2n) is 4.55. The summed E-state index contributed by atoms with van der Waals surface area (Å²) in [5.74, 6) is 0.616. The number of aliphatic imine (C=N–C) groups is 1. The van der Waals surface area contributed by atoms with Crippen LogP contribution in [0.1, 0.15) is 0 Å². The van der Waals surface area contributed by atoms with Crippen LogP contribution in [-0.2, 0) is 9.47 Å². The van der Waals surface area contributed by atoms with Crippen LogP contribution in [0, 0.1) is 0 Å². The van der Waals surface area contributed by atoms with Gasteiger partial charge in [-0.05, 0) is 7.05 Å². The number of nitrogens with zero attached hydrogens (tertiary/aromatic N) is 3. The van der Waals surface area contributed by atoms with E-state index in [9.17, 15) is 0 Å². The summed E-state index contributed by atoms with van der Waals surface area (Å²) >= 11 is 0. The topological polar surface area (TPSA) is 63.3 Å². The normalized spacial score (nSPS) is 26.8. The first-order valence-electron chi connectivity index (χ1n) is 6.18. The third-order valence-corrected chi connectivity index (χ3v) is 3.13. The van der Waals surface area contributed by atoms with E-state index in [1.165, 1.54) is 0 Å². The molecular weight excluding hydrogens is 347 g/mol. The van der Waals surface area contributed by atoms with Crippen molar-refractivity contribution < 1.29 is 9.47 Å². The highest BCUT2D eigenvalue weighted by molar-refractivity contribution is 14.0. The molecule has 2 N–H and O–H groups in total. The number of hydrogen-bond donors (Lipinski definition) is 1. The molecule has 106 valence electrons. The fraction of sp³-hybridized carbons (Fsp3) is 0.909. The molecule has 2 aliphatic heterocycles. The summed E-state index contributed by atoms with van der Waals surface area (Å²) in [7, 11) is 2.10. The van der Waals surface area contributed by atoms with Crippen molar-refractivity contribution in [2.75, 3.05) is 59.6 Å². The highest BCUT2D eigenvalue weighted by Crippen LogP contribution is 2.04. The van der Waals surface area contributed by atoms with E-state index in [1.54, 1.807) is 0 Å². The Morgan fingerprint density at radius 2 is 2.00 bits per heavy atom. The Bertz CT molecular complexity index is 272. The van der Waals surface area contributed by atoms with Gasteiger partial charge in [0.2, 0.25) is 0 Å². The minimum atomic E-state index is 0. The molecule has 0 amide bonds. The number of rotatable bonds is 2. The fourth-order valence-corrected chi connectivity index (χ4v) is 2.07. The number of morpholine rings is 2. The van der Waals surface area contributed by atoms with Gasteiger partial charge in [0.1, 0.15) is 0 Å². The second-order valence-corrected chi connectivity index (χ2v) is 4.55. The lowest BCUT2D eigenvalue weighted by Crippen LogP contribution is -2.46. The summed E-state index contributed by atoms with van der Waals surface area (Å²) in [5.41, 5.74) is 5.95. The smallest absolute Gasteiger partial charge is 0.191 e. The van der Waals surface area contributed by atoms with Crippen molar-refractivity contribution in [2.45, 2.75) is 6.10 Å². The molecule has 0 aromatic carbocycles. The van der Waals surface area contributed by atoms with E-state index in [0.29, 0.717) is 12.5 Å². The van der Waals surface area contributed by atoms with Crippen molar-refractivity contribution in [3.63, 3.8) is 0 Å². The lowest BCUT2D eigenvalue weighted by Gasteiger charge is -2.30. The number of hydrogen-bond acceptors (Lipinski definition) is 4. The van der Waals surface area contributed by atoms with E-state index >= 15 is 0 Å². The number of guanidine groups is 1. The van der Waals surface area contributed by atoms with Crippen LogP contribution in [0.3, 0.4) is 0 Å². The Balaban J connectivity index is 0.00000162. The van der Waals surface area contributed by atoms with Crippen LogP contribution < -0.4 is 5.73 Å².